The molecule has 3 aromatic carbocycles. The van der Waals surface area contributed by atoms with Crippen molar-refractivity contribution in [3.8, 4) is 0 Å². The van der Waals surface area contributed by atoms with Crippen LogP contribution in [0.3, 0.4) is 0 Å². The quantitative estimate of drug-likeness (QED) is 0.403. The molecular formula is C20H16N4O4. The molecule has 2 N–H and O–H groups in total. The largest absolute Gasteiger partial charge is 0.321 e. The minimum atomic E-state index is -0.735. The molecule has 2 amide bonds. The van der Waals surface area contributed by atoms with Crippen LogP contribution in [0.2, 0.25) is 0 Å². The molecule has 0 unspecified atom stereocenters. The first-order chi connectivity index (χ1) is 13.5. The van der Waals surface area contributed by atoms with Crippen molar-refractivity contribution in [2.45, 2.75) is 12.5 Å². The molecule has 0 aliphatic carbocycles. The van der Waals surface area contributed by atoms with Gasteiger partial charge in [0.2, 0.25) is 5.91 Å². The zero-order chi connectivity index (χ0) is 19.7. The molecule has 0 radical (unpaired) electrons. The molecule has 1 aliphatic heterocycles. The number of carbonyl (C=O) groups is 2. The maximum atomic E-state index is 12.8. The van der Waals surface area contributed by atoms with Crippen molar-refractivity contribution in [2.24, 2.45) is 0 Å². The van der Waals surface area contributed by atoms with Gasteiger partial charge in [-0.15, -0.1) is 0 Å². The van der Waals surface area contributed by atoms with Crippen LogP contribution in [0.15, 0.2) is 66.7 Å². The van der Waals surface area contributed by atoms with E-state index in [0.717, 1.165) is 10.8 Å². The fraction of sp³-hybridized carbons (Fsp3) is 0.100. The molecule has 3 aromatic rings. The second-order valence-electron chi connectivity index (χ2n) is 6.40. The number of carbonyl (C=O) groups excluding carboxylic acids is 2. The topological polar surface area (TPSA) is 105 Å². The summed E-state index contributed by atoms with van der Waals surface area (Å²) >= 11 is 0. The van der Waals surface area contributed by atoms with Crippen LogP contribution in [0, 0.1) is 10.1 Å². The van der Waals surface area contributed by atoms with E-state index in [4.69, 9.17) is 0 Å². The molecular weight excluding hydrogens is 360 g/mol. The van der Waals surface area contributed by atoms with Crippen molar-refractivity contribution in [3.05, 3.63) is 76.8 Å². The van der Waals surface area contributed by atoms with Gasteiger partial charge in [-0.3, -0.25) is 19.7 Å². The maximum Gasteiger partial charge on any atom is 0.269 e. The number of hydrogen-bond donors (Lipinski definition) is 2. The van der Waals surface area contributed by atoms with E-state index >= 15 is 0 Å². The van der Waals surface area contributed by atoms with Crippen LogP contribution in [0.1, 0.15) is 6.42 Å². The molecule has 8 heteroatoms. The van der Waals surface area contributed by atoms with Gasteiger partial charge < -0.3 is 5.43 Å². The average molecular weight is 376 g/mol. The lowest BCUT2D eigenvalue weighted by Crippen LogP contribution is -2.41. The molecule has 8 nitrogen and oxygen atoms in total. The van der Waals surface area contributed by atoms with Gasteiger partial charge in [0, 0.05) is 23.2 Å². The molecule has 0 spiro atoms. The summed E-state index contributed by atoms with van der Waals surface area (Å²) in [6.07, 6.45) is 0.0159. The van der Waals surface area contributed by atoms with E-state index in [2.05, 4.69) is 10.9 Å². The maximum absolute atomic E-state index is 12.8. The van der Waals surface area contributed by atoms with Crippen LogP contribution in [-0.2, 0) is 9.59 Å². The smallest absolute Gasteiger partial charge is 0.269 e. The van der Waals surface area contributed by atoms with Gasteiger partial charge in [0.25, 0.3) is 11.6 Å². The lowest BCUT2D eigenvalue weighted by atomic mass is 10.1. The Kier molecular flexibility index (Phi) is 4.46. The summed E-state index contributed by atoms with van der Waals surface area (Å²) in [6, 6.07) is 18.1. The summed E-state index contributed by atoms with van der Waals surface area (Å²) in [7, 11) is 0. The van der Waals surface area contributed by atoms with Crippen LogP contribution in [0.25, 0.3) is 10.8 Å². The highest BCUT2D eigenvalue weighted by atomic mass is 16.6. The summed E-state index contributed by atoms with van der Waals surface area (Å²) in [4.78, 5) is 36.8. The number of anilines is 2. The average Bonchev–Trinajstić information content (AvgIpc) is 2.99. The Hall–Kier alpha value is -3.78. The van der Waals surface area contributed by atoms with Gasteiger partial charge in [-0.1, -0.05) is 36.4 Å². The van der Waals surface area contributed by atoms with Crippen LogP contribution >= 0.6 is 0 Å². The predicted molar refractivity (Wildman–Crippen MR) is 105 cm³/mol. The highest BCUT2D eigenvalue weighted by molar-refractivity contribution is 6.25. The Balaban J connectivity index is 1.52. The summed E-state index contributed by atoms with van der Waals surface area (Å²) < 4.78 is 0. The van der Waals surface area contributed by atoms with E-state index < -0.39 is 11.0 Å². The van der Waals surface area contributed by atoms with Crippen LogP contribution in [-0.4, -0.2) is 22.8 Å². The Morgan fingerprint density at radius 3 is 2.43 bits per heavy atom. The number of nitro groups is 1. The first kappa shape index (κ1) is 17.6. The highest BCUT2D eigenvalue weighted by Crippen LogP contribution is 2.30. The molecule has 1 aliphatic rings. The first-order valence-corrected chi connectivity index (χ1v) is 8.65. The van der Waals surface area contributed by atoms with E-state index in [1.54, 1.807) is 6.07 Å². The Morgan fingerprint density at radius 2 is 1.68 bits per heavy atom. The number of nitrogens with one attached hydrogen (secondary N) is 2. The van der Waals surface area contributed by atoms with E-state index in [9.17, 15) is 19.7 Å². The van der Waals surface area contributed by atoms with E-state index in [-0.39, 0.29) is 23.9 Å². The van der Waals surface area contributed by atoms with E-state index in [0.29, 0.717) is 11.4 Å². The number of nitro benzene ring substituents is 1. The molecule has 1 atom stereocenters. The predicted octanol–water partition coefficient (Wildman–Crippen LogP) is 3.00. The lowest BCUT2D eigenvalue weighted by Gasteiger charge is -2.18. The van der Waals surface area contributed by atoms with Crippen molar-refractivity contribution in [1.82, 2.24) is 5.43 Å². The number of hydrazine groups is 1. The van der Waals surface area contributed by atoms with Gasteiger partial charge in [0.1, 0.15) is 6.04 Å². The molecule has 1 heterocycles. The van der Waals surface area contributed by atoms with Gasteiger partial charge >= 0.3 is 0 Å². The van der Waals surface area contributed by atoms with Crippen molar-refractivity contribution >= 4 is 39.6 Å². The minimum Gasteiger partial charge on any atom is -0.321 e. The van der Waals surface area contributed by atoms with E-state index in [1.165, 1.54) is 29.2 Å². The Morgan fingerprint density at radius 1 is 0.964 bits per heavy atom. The third-order valence-electron chi connectivity index (χ3n) is 4.62. The second-order valence-corrected chi connectivity index (χ2v) is 6.40. The monoisotopic (exact) mass is 376 g/mol. The van der Waals surface area contributed by atoms with Crippen molar-refractivity contribution in [3.63, 3.8) is 0 Å². The van der Waals surface area contributed by atoms with Gasteiger partial charge in [-0.2, -0.15) is 0 Å². The second kappa shape index (κ2) is 7.09. The van der Waals surface area contributed by atoms with Crippen LogP contribution in [0.4, 0.5) is 17.1 Å². The fourth-order valence-electron chi connectivity index (χ4n) is 3.24. The number of hydrogen-bond acceptors (Lipinski definition) is 6. The van der Waals surface area contributed by atoms with Crippen molar-refractivity contribution in [1.29, 1.82) is 0 Å². The minimum absolute atomic E-state index is 0.0159. The molecule has 1 saturated heterocycles. The Labute approximate surface area is 159 Å². The highest BCUT2D eigenvalue weighted by Gasteiger charge is 2.40. The van der Waals surface area contributed by atoms with Gasteiger partial charge in [0.15, 0.2) is 0 Å². The molecule has 140 valence electrons. The Bertz CT molecular complexity index is 1080. The number of imide groups is 1. The van der Waals surface area contributed by atoms with Gasteiger partial charge in [-0.25, -0.2) is 10.3 Å². The van der Waals surface area contributed by atoms with Crippen LogP contribution < -0.4 is 15.8 Å². The number of nitrogens with zero attached hydrogens (tertiary/aromatic N) is 2. The van der Waals surface area contributed by atoms with Crippen LogP contribution in [0.5, 0.6) is 0 Å². The zero-order valence-corrected chi connectivity index (χ0v) is 14.7. The lowest BCUT2D eigenvalue weighted by molar-refractivity contribution is -0.384. The molecule has 4 rings (SSSR count). The van der Waals surface area contributed by atoms with Gasteiger partial charge in [-0.05, 0) is 23.6 Å². The normalized spacial score (nSPS) is 16.6. The number of amides is 2. The third kappa shape index (κ3) is 3.17. The van der Waals surface area contributed by atoms with Crippen molar-refractivity contribution in [2.75, 3.05) is 10.3 Å². The number of non-ortho nitro benzene ring substituents is 1. The van der Waals surface area contributed by atoms with E-state index in [1.807, 2.05) is 36.4 Å². The summed E-state index contributed by atoms with van der Waals surface area (Å²) in [5, 5.41) is 12.5. The standard InChI is InChI=1S/C20H16N4O4/c25-19-12-17(22-21-14-8-10-15(11-9-14)24(27)28)20(26)23(19)18-7-3-5-13-4-1-2-6-16(13)18/h1-11,17,21-22H,12H2/t17-/m1/s1. The SMILES string of the molecule is O=C1C[C@@H](NNc2ccc([N+](=O)[O-])cc2)C(=O)N1c1cccc2ccccc12. The van der Waals surface area contributed by atoms with Gasteiger partial charge in [0.05, 0.1) is 17.0 Å². The molecule has 28 heavy (non-hydrogen) atoms. The molecule has 0 aromatic heterocycles. The third-order valence-corrected chi connectivity index (χ3v) is 4.62. The summed E-state index contributed by atoms with van der Waals surface area (Å²) in [5.74, 6) is -0.639. The molecule has 0 bridgehead atoms. The fourth-order valence-corrected chi connectivity index (χ4v) is 3.24. The molecule has 0 saturated carbocycles. The molecule has 1 fully saturated rings. The number of rotatable bonds is 5. The first-order valence-electron chi connectivity index (χ1n) is 8.65. The zero-order valence-electron chi connectivity index (χ0n) is 14.7. The number of benzene rings is 3. The summed E-state index contributed by atoms with van der Waals surface area (Å²) in [5.41, 5.74) is 6.77. The van der Waals surface area contributed by atoms with Crippen molar-refractivity contribution < 1.29 is 14.5 Å². The summed E-state index contributed by atoms with van der Waals surface area (Å²) in [6.45, 7) is 0. The number of fused-ring (bicyclic) bond motifs is 1.